The van der Waals surface area contributed by atoms with E-state index >= 15 is 0 Å². The maximum absolute atomic E-state index is 12.1. The van der Waals surface area contributed by atoms with Gasteiger partial charge in [0, 0.05) is 0 Å². The van der Waals surface area contributed by atoms with Gasteiger partial charge in [-0.3, -0.25) is 4.79 Å². The molecule has 1 aliphatic heterocycles. The Morgan fingerprint density at radius 2 is 2.04 bits per heavy atom. The summed E-state index contributed by atoms with van der Waals surface area (Å²) in [6.45, 7) is 1.98. The molecular formula is C18H15ClN2O2S. The third kappa shape index (κ3) is 3.63. The van der Waals surface area contributed by atoms with Gasteiger partial charge in [-0.1, -0.05) is 35.9 Å². The highest BCUT2D eigenvalue weighted by molar-refractivity contribution is 8.18. The highest BCUT2D eigenvalue weighted by Crippen LogP contribution is 2.31. The van der Waals surface area contributed by atoms with Crippen LogP contribution in [0, 0.1) is 6.92 Å². The number of hydrogen-bond acceptors (Lipinski definition) is 4. The Hall–Kier alpha value is -2.24. The number of benzene rings is 2. The average molecular weight is 359 g/mol. The first kappa shape index (κ1) is 16.6. The summed E-state index contributed by atoms with van der Waals surface area (Å²) in [7, 11) is 1.56. The number of carbonyl (C=O) groups excluding carboxylic acids is 1. The number of aliphatic imine (C=N–C) groups is 1. The molecule has 2 aromatic rings. The molecule has 0 aromatic heterocycles. The number of aryl methyl sites for hydroxylation is 1. The van der Waals surface area contributed by atoms with Crippen molar-refractivity contribution in [1.29, 1.82) is 0 Å². The predicted octanol–water partition coefficient (Wildman–Crippen LogP) is 4.55. The van der Waals surface area contributed by atoms with E-state index in [1.165, 1.54) is 11.8 Å². The maximum Gasteiger partial charge on any atom is 0.264 e. The van der Waals surface area contributed by atoms with Crippen molar-refractivity contribution in [2.24, 2.45) is 4.99 Å². The Balaban J connectivity index is 1.85. The van der Waals surface area contributed by atoms with Gasteiger partial charge in [0.1, 0.15) is 5.75 Å². The SMILES string of the molecule is COc1ccc(/C=C2/SC(=Nc3ccccc3C)NC2=O)cc1Cl. The fourth-order valence-electron chi connectivity index (χ4n) is 2.20. The third-order valence-electron chi connectivity index (χ3n) is 3.46. The molecule has 1 amide bonds. The molecule has 0 radical (unpaired) electrons. The van der Waals surface area contributed by atoms with Crippen LogP contribution >= 0.6 is 23.4 Å². The van der Waals surface area contributed by atoms with Crippen molar-refractivity contribution >= 4 is 46.2 Å². The number of rotatable bonds is 3. The molecule has 6 heteroatoms. The minimum absolute atomic E-state index is 0.167. The van der Waals surface area contributed by atoms with Gasteiger partial charge in [-0.2, -0.15) is 0 Å². The van der Waals surface area contributed by atoms with E-state index in [1.807, 2.05) is 37.3 Å². The summed E-state index contributed by atoms with van der Waals surface area (Å²) < 4.78 is 5.13. The highest BCUT2D eigenvalue weighted by Gasteiger charge is 2.24. The zero-order chi connectivity index (χ0) is 17.1. The fourth-order valence-corrected chi connectivity index (χ4v) is 3.30. The van der Waals surface area contributed by atoms with E-state index in [-0.39, 0.29) is 5.91 Å². The Labute approximate surface area is 149 Å². The molecular weight excluding hydrogens is 344 g/mol. The van der Waals surface area contributed by atoms with Crippen molar-refractivity contribution in [3.63, 3.8) is 0 Å². The van der Waals surface area contributed by atoms with Gasteiger partial charge in [0.25, 0.3) is 5.91 Å². The van der Waals surface area contributed by atoms with Crippen LogP contribution in [0.4, 0.5) is 5.69 Å². The lowest BCUT2D eigenvalue weighted by Crippen LogP contribution is -2.19. The number of para-hydroxylation sites is 1. The molecule has 0 saturated carbocycles. The molecule has 3 rings (SSSR count). The van der Waals surface area contributed by atoms with E-state index in [1.54, 1.807) is 25.3 Å². The Kier molecular flexibility index (Phi) is 4.92. The molecule has 122 valence electrons. The van der Waals surface area contributed by atoms with Crippen LogP contribution in [0.5, 0.6) is 5.75 Å². The van der Waals surface area contributed by atoms with Gasteiger partial charge >= 0.3 is 0 Å². The molecule has 4 nitrogen and oxygen atoms in total. The standard InChI is InChI=1S/C18H15ClN2O2S/c1-11-5-3-4-6-14(11)20-18-21-17(22)16(24-18)10-12-7-8-15(23-2)13(19)9-12/h3-10H,1-2H3,(H,20,21,22)/b16-10+. The van der Waals surface area contributed by atoms with Crippen LogP contribution in [0.3, 0.4) is 0 Å². The number of nitrogens with one attached hydrogen (secondary N) is 1. The smallest absolute Gasteiger partial charge is 0.264 e. The molecule has 0 bridgehead atoms. The van der Waals surface area contributed by atoms with Crippen molar-refractivity contribution in [2.75, 3.05) is 7.11 Å². The normalized spacial score (nSPS) is 17.4. The number of carbonyl (C=O) groups is 1. The van der Waals surface area contributed by atoms with E-state index in [0.717, 1.165) is 16.8 Å². The Morgan fingerprint density at radius 1 is 1.25 bits per heavy atom. The summed E-state index contributed by atoms with van der Waals surface area (Å²) >= 11 is 7.43. The molecule has 1 aliphatic rings. The van der Waals surface area contributed by atoms with Gasteiger partial charge < -0.3 is 10.1 Å². The van der Waals surface area contributed by atoms with Crippen LogP contribution in [0.2, 0.25) is 5.02 Å². The van der Waals surface area contributed by atoms with Crippen molar-refractivity contribution in [2.45, 2.75) is 6.92 Å². The minimum atomic E-state index is -0.167. The van der Waals surface area contributed by atoms with Gasteiger partial charge in [-0.25, -0.2) is 4.99 Å². The van der Waals surface area contributed by atoms with E-state index in [4.69, 9.17) is 16.3 Å². The van der Waals surface area contributed by atoms with Gasteiger partial charge in [-0.15, -0.1) is 0 Å². The summed E-state index contributed by atoms with van der Waals surface area (Å²) in [5, 5.41) is 3.86. The van der Waals surface area contributed by atoms with Crippen LogP contribution in [-0.4, -0.2) is 18.2 Å². The number of amides is 1. The second-order valence-electron chi connectivity index (χ2n) is 5.16. The lowest BCUT2D eigenvalue weighted by Gasteiger charge is -2.03. The van der Waals surface area contributed by atoms with Crippen LogP contribution in [0.1, 0.15) is 11.1 Å². The van der Waals surface area contributed by atoms with Crippen LogP contribution in [0.15, 0.2) is 52.4 Å². The van der Waals surface area contributed by atoms with E-state index in [2.05, 4.69) is 10.3 Å². The number of hydrogen-bond donors (Lipinski definition) is 1. The number of methoxy groups -OCH3 is 1. The van der Waals surface area contributed by atoms with Gasteiger partial charge in [-0.05, 0) is 54.1 Å². The largest absolute Gasteiger partial charge is 0.495 e. The topological polar surface area (TPSA) is 50.7 Å². The zero-order valence-electron chi connectivity index (χ0n) is 13.2. The number of thioether (sulfide) groups is 1. The Morgan fingerprint density at radius 3 is 2.75 bits per heavy atom. The molecule has 1 fully saturated rings. The predicted molar refractivity (Wildman–Crippen MR) is 100.0 cm³/mol. The molecule has 1 N–H and O–H groups in total. The van der Waals surface area contributed by atoms with Crippen molar-refractivity contribution in [1.82, 2.24) is 5.32 Å². The van der Waals surface area contributed by atoms with Crippen LogP contribution in [0.25, 0.3) is 6.08 Å². The van der Waals surface area contributed by atoms with E-state index in [9.17, 15) is 4.79 Å². The fraction of sp³-hybridized carbons (Fsp3) is 0.111. The summed E-state index contributed by atoms with van der Waals surface area (Å²) in [5.74, 6) is 0.434. The molecule has 0 atom stereocenters. The molecule has 1 saturated heterocycles. The maximum atomic E-state index is 12.1. The zero-order valence-corrected chi connectivity index (χ0v) is 14.7. The number of ether oxygens (including phenoxy) is 1. The summed E-state index contributed by atoms with van der Waals surface area (Å²) in [4.78, 5) is 17.2. The summed E-state index contributed by atoms with van der Waals surface area (Å²) in [5.41, 5.74) is 2.73. The summed E-state index contributed by atoms with van der Waals surface area (Å²) in [6.07, 6.45) is 1.78. The first-order chi connectivity index (χ1) is 11.6. The number of amidine groups is 1. The van der Waals surface area contributed by atoms with Gasteiger partial charge in [0.05, 0.1) is 22.7 Å². The van der Waals surface area contributed by atoms with Crippen molar-refractivity contribution in [3.8, 4) is 5.75 Å². The molecule has 24 heavy (non-hydrogen) atoms. The minimum Gasteiger partial charge on any atom is -0.495 e. The first-order valence-corrected chi connectivity index (χ1v) is 8.45. The second-order valence-corrected chi connectivity index (χ2v) is 6.60. The number of halogens is 1. The van der Waals surface area contributed by atoms with Crippen molar-refractivity contribution in [3.05, 3.63) is 63.5 Å². The average Bonchev–Trinajstić information content (AvgIpc) is 2.89. The lowest BCUT2D eigenvalue weighted by atomic mass is 10.2. The van der Waals surface area contributed by atoms with Gasteiger partial charge in [0.2, 0.25) is 0 Å². The quantitative estimate of drug-likeness (QED) is 0.819. The molecule has 2 aromatic carbocycles. The number of nitrogens with zero attached hydrogens (tertiary/aromatic N) is 1. The molecule has 0 spiro atoms. The van der Waals surface area contributed by atoms with Crippen LogP contribution in [-0.2, 0) is 4.79 Å². The molecule has 1 heterocycles. The third-order valence-corrected chi connectivity index (χ3v) is 4.67. The monoisotopic (exact) mass is 358 g/mol. The van der Waals surface area contributed by atoms with E-state index < -0.39 is 0 Å². The van der Waals surface area contributed by atoms with E-state index in [0.29, 0.717) is 20.8 Å². The summed E-state index contributed by atoms with van der Waals surface area (Å²) in [6, 6.07) is 13.2. The van der Waals surface area contributed by atoms with Gasteiger partial charge in [0.15, 0.2) is 5.17 Å². The Bertz CT molecular complexity index is 862. The first-order valence-electron chi connectivity index (χ1n) is 7.25. The second kappa shape index (κ2) is 7.11. The lowest BCUT2D eigenvalue weighted by molar-refractivity contribution is -0.115. The molecule has 0 aliphatic carbocycles. The van der Waals surface area contributed by atoms with Crippen LogP contribution < -0.4 is 10.1 Å². The molecule has 0 unspecified atom stereocenters. The van der Waals surface area contributed by atoms with Crippen molar-refractivity contribution < 1.29 is 9.53 Å². The highest BCUT2D eigenvalue weighted by atomic mass is 35.5.